The Morgan fingerprint density at radius 2 is 2.08 bits per heavy atom. The Morgan fingerprint density at radius 1 is 1.50 bits per heavy atom. The van der Waals surface area contributed by atoms with Crippen molar-refractivity contribution in [3.63, 3.8) is 0 Å². The van der Waals surface area contributed by atoms with E-state index in [1.54, 1.807) is 0 Å². The number of nitrogens with two attached hydrogens (primary N) is 1. The van der Waals surface area contributed by atoms with Gasteiger partial charge in [-0.15, -0.1) is 0 Å². The number of hydrogen-bond acceptors (Lipinski definition) is 4. The zero-order valence-electron chi connectivity index (χ0n) is 5.97. The molecule has 0 unspecified atom stereocenters. The molecular formula is C5H5F3N2S2. The molecule has 0 atom stereocenters. The zero-order valence-corrected chi connectivity index (χ0v) is 7.61. The Balaban J connectivity index is 2.82. The fraction of sp³-hybridized carbons (Fsp3) is 0.400. The molecule has 1 aromatic rings. The monoisotopic (exact) mass is 214 g/mol. The molecule has 2 N–H and O–H groups in total. The molecule has 1 aromatic heterocycles. The smallest absolute Gasteiger partial charge is 0.375 e. The maximum Gasteiger partial charge on any atom is 0.447 e. The van der Waals surface area contributed by atoms with E-state index in [-0.39, 0.29) is 21.1 Å². The summed E-state index contributed by atoms with van der Waals surface area (Å²) in [5.74, 6) is 0. The van der Waals surface area contributed by atoms with Crippen LogP contribution < -0.4 is 5.73 Å². The molecule has 0 aliphatic rings. The molecular weight excluding hydrogens is 209 g/mol. The minimum Gasteiger partial charge on any atom is -0.375 e. The zero-order chi connectivity index (χ0) is 9.35. The second-order valence-electron chi connectivity index (χ2n) is 1.97. The fourth-order valence-corrected chi connectivity index (χ4v) is 2.28. The lowest BCUT2D eigenvalue weighted by Crippen LogP contribution is -1.98. The standard InChI is InChI=1S/C5H5F3N2S2/c1-2-3(11-4(9)10-2)12-5(6,7)8/h1H3,(H2,9,10). The van der Waals surface area contributed by atoms with Gasteiger partial charge in [0.05, 0.1) is 9.90 Å². The third kappa shape index (κ3) is 2.56. The molecule has 0 amide bonds. The highest BCUT2D eigenvalue weighted by Gasteiger charge is 2.31. The van der Waals surface area contributed by atoms with Crippen molar-refractivity contribution in [1.29, 1.82) is 0 Å². The van der Waals surface area contributed by atoms with Crippen molar-refractivity contribution in [2.24, 2.45) is 0 Å². The summed E-state index contributed by atoms with van der Waals surface area (Å²) in [6.07, 6.45) is 0. The highest BCUT2D eigenvalue weighted by molar-refractivity contribution is 8.02. The molecule has 68 valence electrons. The van der Waals surface area contributed by atoms with E-state index in [0.717, 1.165) is 11.3 Å². The van der Waals surface area contributed by atoms with Crippen LogP contribution in [0, 0.1) is 6.92 Å². The fourth-order valence-electron chi connectivity index (χ4n) is 0.602. The van der Waals surface area contributed by atoms with Crippen molar-refractivity contribution in [2.75, 3.05) is 5.73 Å². The van der Waals surface area contributed by atoms with Crippen LogP contribution in [-0.4, -0.2) is 10.5 Å². The van der Waals surface area contributed by atoms with Gasteiger partial charge < -0.3 is 5.73 Å². The number of thioether (sulfide) groups is 1. The molecule has 0 radical (unpaired) electrons. The number of nitrogen functional groups attached to an aromatic ring is 1. The quantitative estimate of drug-likeness (QED) is 0.730. The Morgan fingerprint density at radius 3 is 2.42 bits per heavy atom. The summed E-state index contributed by atoms with van der Waals surface area (Å²) >= 11 is 0.675. The average molecular weight is 214 g/mol. The third-order valence-corrected chi connectivity index (χ3v) is 2.97. The first kappa shape index (κ1) is 9.66. The predicted molar refractivity (Wildman–Crippen MR) is 43.2 cm³/mol. The molecule has 0 aromatic carbocycles. The molecule has 2 nitrogen and oxygen atoms in total. The largest absolute Gasteiger partial charge is 0.447 e. The van der Waals surface area contributed by atoms with Crippen LogP contribution in [0.2, 0.25) is 0 Å². The van der Waals surface area contributed by atoms with Crippen LogP contribution in [0.4, 0.5) is 18.3 Å². The number of anilines is 1. The van der Waals surface area contributed by atoms with Crippen molar-refractivity contribution in [2.45, 2.75) is 16.6 Å². The van der Waals surface area contributed by atoms with Gasteiger partial charge in [-0.25, -0.2) is 4.98 Å². The number of halogens is 3. The van der Waals surface area contributed by atoms with Gasteiger partial charge in [0.15, 0.2) is 5.13 Å². The van der Waals surface area contributed by atoms with Gasteiger partial charge in [-0.05, 0) is 18.7 Å². The topological polar surface area (TPSA) is 38.9 Å². The molecule has 0 saturated heterocycles. The Labute approximate surface area is 75.0 Å². The Bertz CT molecular complexity index is 281. The van der Waals surface area contributed by atoms with E-state index in [1.165, 1.54) is 6.92 Å². The molecule has 0 saturated carbocycles. The van der Waals surface area contributed by atoms with Gasteiger partial charge in [-0.2, -0.15) is 13.2 Å². The van der Waals surface area contributed by atoms with Crippen molar-refractivity contribution >= 4 is 28.2 Å². The number of rotatable bonds is 1. The molecule has 0 fully saturated rings. The van der Waals surface area contributed by atoms with Gasteiger partial charge in [-0.1, -0.05) is 11.3 Å². The van der Waals surface area contributed by atoms with E-state index in [9.17, 15) is 13.2 Å². The van der Waals surface area contributed by atoms with Crippen LogP contribution in [-0.2, 0) is 0 Å². The predicted octanol–water partition coefficient (Wildman–Crippen LogP) is 2.65. The van der Waals surface area contributed by atoms with Crippen molar-refractivity contribution < 1.29 is 13.2 Å². The number of aryl methyl sites for hydroxylation is 1. The van der Waals surface area contributed by atoms with Gasteiger partial charge >= 0.3 is 5.51 Å². The van der Waals surface area contributed by atoms with Crippen LogP contribution in [0.1, 0.15) is 5.69 Å². The molecule has 1 rings (SSSR count). The molecule has 0 aliphatic carbocycles. The lowest BCUT2D eigenvalue weighted by atomic mass is 10.6. The average Bonchev–Trinajstić information content (AvgIpc) is 2.06. The van der Waals surface area contributed by atoms with Crippen molar-refractivity contribution in [1.82, 2.24) is 4.98 Å². The number of alkyl halides is 3. The minimum absolute atomic E-state index is 0.111. The normalized spacial score (nSPS) is 12.0. The van der Waals surface area contributed by atoms with Crippen LogP contribution in [0.3, 0.4) is 0 Å². The highest BCUT2D eigenvalue weighted by atomic mass is 32.2. The van der Waals surface area contributed by atoms with Crippen LogP contribution >= 0.6 is 23.1 Å². The molecule has 7 heteroatoms. The van der Waals surface area contributed by atoms with Gasteiger partial charge in [0.25, 0.3) is 0 Å². The molecule has 12 heavy (non-hydrogen) atoms. The van der Waals surface area contributed by atoms with E-state index >= 15 is 0 Å². The highest BCUT2D eigenvalue weighted by Crippen LogP contribution is 2.41. The maximum absolute atomic E-state index is 11.8. The number of hydrogen-bond donors (Lipinski definition) is 1. The molecule has 0 aliphatic heterocycles. The summed E-state index contributed by atoms with van der Waals surface area (Å²) in [6.45, 7) is 1.50. The summed E-state index contributed by atoms with van der Waals surface area (Å²) in [6, 6.07) is 0. The molecule has 1 heterocycles. The van der Waals surface area contributed by atoms with Crippen molar-refractivity contribution in [3.05, 3.63) is 5.69 Å². The van der Waals surface area contributed by atoms with E-state index in [2.05, 4.69) is 4.98 Å². The number of nitrogens with zero attached hydrogens (tertiary/aromatic N) is 1. The van der Waals surface area contributed by atoms with Crippen molar-refractivity contribution in [3.8, 4) is 0 Å². The van der Waals surface area contributed by atoms with Crippen LogP contribution in [0.15, 0.2) is 4.21 Å². The van der Waals surface area contributed by atoms with Gasteiger partial charge in [0.1, 0.15) is 0 Å². The third-order valence-electron chi connectivity index (χ3n) is 0.979. The SMILES string of the molecule is Cc1nc(N)sc1SC(F)(F)F. The molecule has 0 spiro atoms. The Kier molecular flexibility index (Phi) is 2.52. The number of thiazole rings is 1. The summed E-state index contributed by atoms with van der Waals surface area (Å²) in [5, 5.41) is 0.166. The van der Waals surface area contributed by atoms with E-state index < -0.39 is 5.51 Å². The first-order valence-electron chi connectivity index (χ1n) is 2.87. The Hall–Kier alpha value is -0.430. The second-order valence-corrected chi connectivity index (χ2v) is 4.34. The molecule has 0 bridgehead atoms. The van der Waals surface area contributed by atoms with Gasteiger partial charge in [0, 0.05) is 0 Å². The second kappa shape index (κ2) is 3.14. The van der Waals surface area contributed by atoms with Gasteiger partial charge in [0.2, 0.25) is 0 Å². The summed E-state index contributed by atoms with van der Waals surface area (Å²) in [7, 11) is 0. The first-order chi connectivity index (χ1) is 5.38. The lowest BCUT2D eigenvalue weighted by Gasteiger charge is -2.01. The summed E-state index contributed by atoms with van der Waals surface area (Å²) in [5.41, 5.74) is 1.30. The summed E-state index contributed by atoms with van der Waals surface area (Å²) in [4.78, 5) is 3.67. The minimum atomic E-state index is -4.26. The lowest BCUT2D eigenvalue weighted by molar-refractivity contribution is -0.0327. The van der Waals surface area contributed by atoms with E-state index in [1.807, 2.05) is 0 Å². The maximum atomic E-state index is 11.8. The van der Waals surface area contributed by atoms with Gasteiger partial charge in [-0.3, -0.25) is 0 Å². The van der Waals surface area contributed by atoms with Crippen LogP contribution in [0.5, 0.6) is 0 Å². The van der Waals surface area contributed by atoms with Crippen LogP contribution in [0.25, 0.3) is 0 Å². The van der Waals surface area contributed by atoms with E-state index in [4.69, 9.17) is 5.73 Å². The first-order valence-corrected chi connectivity index (χ1v) is 4.50. The number of aromatic nitrogens is 1. The summed E-state index contributed by atoms with van der Waals surface area (Å²) < 4.78 is 35.6. The van der Waals surface area contributed by atoms with E-state index in [0.29, 0.717) is 5.69 Å².